The normalized spacial score (nSPS) is 10.9. The van der Waals surface area contributed by atoms with Crippen LogP contribution in [0.2, 0.25) is 0 Å². The van der Waals surface area contributed by atoms with Crippen LogP contribution in [0.5, 0.6) is 0 Å². The zero-order chi connectivity index (χ0) is 14.2. The third kappa shape index (κ3) is 7.89. The summed E-state index contributed by atoms with van der Waals surface area (Å²) in [6.45, 7) is 8.21. The number of likely N-dealkylation sites (N-methyl/N-ethyl adjacent to an activating group) is 1. The van der Waals surface area contributed by atoms with Gasteiger partial charge in [0.05, 0.1) is 6.61 Å². The Bertz CT molecular complexity index is 274. The standard InChI is InChI=1S/C12H24N2O4/c1-5-14(8-9-15)10(16)6-7-13-11(17)18-12(2,3)4/h15H,5-9H2,1-4H3,(H,13,17). The Hall–Kier alpha value is -1.30. The van der Waals surface area contributed by atoms with Gasteiger partial charge in [-0.25, -0.2) is 4.79 Å². The van der Waals surface area contributed by atoms with E-state index in [2.05, 4.69) is 5.32 Å². The fourth-order valence-corrected chi connectivity index (χ4v) is 1.32. The Morgan fingerprint density at radius 2 is 1.94 bits per heavy atom. The molecule has 106 valence electrons. The molecule has 6 nitrogen and oxygen atoms in total. The van der Waals surface area contributed by atoms with Crippen molar-refractivity contribution in [3.05, 3.63) is 0 Å². The maximum absolute atomic E-state index is 11.7. The molecule has 6 heteroatoms. The van der Waals surface area contributed by atoms with Crippen LogP contribution in [0.4, 0.5) is 4.79 Å². The van der Waals surface area contributed by atoms with Crippen molar-refractivity contribution in [1.29, 1.82) is 0 Å². The van der Waals surface area contributed by atoms with Gasteiger partial charge in [-0.1, -0.05) is 0 Å². The molecule has 0 atom stereocenters. The molecule has 0 aromatic carbocycles. The van der Waals surface area contributed by atoms with E-state index in [9.17, 15) is 9.59 Å². The fourth-order valence-electron chi connectivity index (χ4n) is 1.32. The van der Waals surface area contributed by atoms with E-state index in [1.54, 1.807) is 20.8 Å². The number of rotatable bonds is 6. The predicted octanol–water partition coefficient (Wildman–Crippen LogP) is 0.742. The molecule has 0 heterocycles. The molecule has 0 spiro atoms. The number of alkyl carbamates (subject to hydrolysis) is 1. The van der Waals surface area contributed by atoms with Crippen molar-refractivity contribution in [1.82, 2.24) is 10.2 Å². The van der Waals surface area contributed by atoms with Gasteiger partial charge in [0.15, 0.2) is 0 Å². The van der Waals surface area contributed by atoms with Crippen LogP contribution in [0.3, 0.4) is 0 Å². The van der Waals surface area contributed by atoms with Crippen molar-refractivity contribution in [2.75, 3.05) is 26.2 Å². The first-order valence-corrected chi connectivity index (χ1v) is 6.15. The summed E-state index contributed by atoms with van der Waals surface area (Å²) < 4.78 is 5.04. The molecule has 2 N–H and O–H groups in total. The third-order valence-corrected chi connectivity index (χ3v) is 2.11. The number of aliphatic hydroxyl groups excluding tert-OH is 1. The van der Waals surface area contributed by atoms with Crippen molar-refractivity contribution in [2.24, 2.45) is 0 Å². The van der Waals surface area contributed by atoms with E-state index in [-0.39, 0.29) is 25.5 Å². The summed E-state index contributed by atoms with van der Waals surface area (Å²) in [6.07, 6.45) is -0.326. The van der Waals surface area contributed by atoms with Gasteiger partial charge in [0.25, 0.3) is 0 Å². The van der Waals surface area contributed by atoms with Gasteiger partial charge in [-0.15, -0.1) is 0 Å². The second-order valence-corrected chi connectivity index (χ2v) is 4.88. The van der Waals surface area contributed by atoms with E-state index < -0.39 is 11.7 Å². The minimum Gasteiger partial charge on any atom is -0.444 e. The quantitative estimate of drug-likeness (QED) is 0.738. The lowest BCUT2D eigenvalue weighted by Gasteiger charge is -2.21. The smallest absolute Gasteiger partial charge is 0.407 e. The highest BCUT2D eigenvalue weighted by atomic mass is 16.6. The van der Waals surface area contributed by atoms with Gasteiger partial charge in [0, 0.05) is 26.1 Å². The minimum atomic E-state index is -0.541. The maximum atomic E-state index is 11.7. The second kappa shape index (κ2) is 7.92. The number of aliphatic hydroxyl groups is 1. The molecule has 2 amide bonds. The Balaban J connectivity index is 3.90. The third-order valence-electron chi connectivity index (χ3n) is 2.11. The van der Waals surface area contributed by atoms with Crippen molar-refractivity contribution in [3.8, 4) is 0 Å². The highest BCUT2D eigenvalue weighted by Gasteiger charge is 2.16. The highest BCUT2D eigenvalue weighted by Crippen LogP contribution is 2.06. The first kappa shape index (κ1) is 16.7. The van der Waals surface area contributed by atoms with Crippen molar-refractivity contribution in [3.63, 3.8) is 0 Å². The van der Waals surface area contributed by atoms with E-state index in [0.717, 1.165) is 0 Å². The van der Waals surface area contributed by atoms with Gasteiger partial charge < -0.3 is 20.1 Å². The summed E-state index contributed by atoms with van der Waals surface area (Å²) >= 11 is 0. The number of ether oxygens (including phenoxy) is 1. The average molecular weight is 260 g/mol. The van der Waals surface area contributed by atoms with Gasteiger partial charge in [-0.3, -0.25) is 4.79 Å². The van der Waals surface area contributed by atoms with E-state index in [1.165, 1.54) is 4.90 Å². The predicted molar refractivity (Wildman–Crippen MR) is 68.2 cm³/mol. The van der Waals surface area contributed by atoms with Gasteiger partial charge in [-0.05, 0) is 27.7 Å². The molecule has 0 bridgehead atoms. The van der Waals surface area contributed by atoms with E-state index in [0.29, 0.717) is 13.1 Å². The Labute approximate surface area is 108 Å². The summed E-state index contributed by atoms with van der Waals surface area (Å²) in [5.41, 5.74) is -0.541. The molecule has 0 aromatic rings. The first-order valence-electron chi connectivity index (χ1n) is 6.15. The van der Waals surface area contributed by atoms with Gasteiger partial charge in [0.1, 0.15) is 5.60 Å². The SMILES string of the molecule is CCN(CCO)C(=O)CCNC(=O)OC(C)(C)C. The topological polar surface area (TPSA) is 78.9 Å². The number of amides is 2. The summed E-state index contributed by atoms with van der Waals surface area (Å²) in [7, 11) is 0. The monoisotopic (exact) mass is 260 g/mol. The lowest BCUT2D eigenvalue weighted by Crippen LogP contribution is -2.37. The van der Waals surface area contributed by atoms with Crippen LogP contribution >= 0.6 is 0 Å². The fraction of sp³-hybridized carbons (Fsp3) is 0.833. The van der Waals surface area contributed by atoms with Gasteiger partial charge >= 0.3 is 6.09 Å². The van der Waals surface area contributed by atoms with Crippen LogP contribution in [-0.2, 0) is 9.53 Å². The largest absolute Gasteiger partial charge is 0.444 e. The summed E-state index contributed by atoms with van der Waals surface area (Å²) in [4.78, 5) is 24.5. The molecule has 0 unspecified atom stereocenters. The average Bonchev–Trinajstić information content (AvgIpc) is 2.23. The number of nitrogens with one attached hydrogen (secondary N) is 1. The van der Waals surface area contributed by atoms with Crippen molar-refractivity contribution >= 4 is 12.0 Å². The molecular formula is C12H24N2O4. The molecule has 0 saturated carbocycles. The zero-order valence-corrected chi connectivity index (χ0v) is 11.7. The lowest BCUT2D eigenvalue weighted by atomic mass is 10.2. The molecule has 0 aliphatic carbocycles. The van der Waals surface area contributed by atoms with E-state index in [1.807, 2.05) is 6.92 Å². The van der Waals surface area contributed by atoms with Crippen LogP contribution in [0, 0.1) is 0 Å². The summed E-state index contributed by atoms with van der Waals surface area (Å²) in [6, 6.07) is 0. The van der Waals surface area contributed by atoms with Gasteiger partial charge in [-0.2, -0.15) is 0 Å². The molecular weight excluding hydrogens is 236 g/mol. The Kier molecular flexibility index (Phi) is 7.35. The summed E-state index contributed by atoms with van der Waals surface area (Å²) in [5.74, 6) is -0.0948. The molecule has 0 aliphatic heterocycles. The van der Waals surface area contributed by atoms with E-state index in [4.69, 9.17) is 9.84 Å². The molecule has 0 rings (SSSR count). The number of hydrogen-bond donors (Lipinski definition) is 2. The molecule has 0 aliphatic rings. The minimum absolute atomic E-state index is 0.0565. The van der Waals surface area contributed by atoms with Crippen LogP contribution in [-0.4, -0.2) is 53.8 Å². The molecule has 0 saturated heterocycles. The number of carbonyl (C=O) groups excluding carboxylic acids is 2. The van der Waals surface area contributed by atoms with Crippen molar-refractivity contribution in [2.45, 2.75) is 39.7 Å². The van der Waals surface area contributed by atoms with Gasteiger partial charge in [0.2, 0.25) is 5.91 Å². The number of hydrogen-bond acceptors (Lipinski definition) is 4. The first-order chi connectivity index (χ1) is 8.30. The van der Waals surface area contributed by atoms with Crippen LogP contribution < -0.4 is 5.32 Å². The van der Waals surface area contributed by atoms with E-state index >= 15 is 0 Å². The van der Waals surface area contributed by atoms with Crippen molar-refractivity contribution < 1.29 is 19.4 Å². The molecule has 0 fully saturated rings. The van der Waals surface area contributed by atoms with Crippen LogP contribution in [0.25, 0.3) is 0 Å². The summed E-state index contributed by atoms with van der Waals surface area (Å²) in [5, 5.41) is 11.3. The molecule has 0 aromatic heterocycles. The number of carbonyl (C=O) groups is 2. The Morgan fingerprint density at radius 1 is 1.33 bits per heavy atom. The van der Waals surface area contributed by atoms with Crippen LogP contribution in [0.1, 0.15) is 34.1 Å². The van der Waals surface area contributed by atoms with Crippen LogP contribution in [0.15, 0.2) is 0 Å². The zero-order valence-electron chi connectivity index (χ0n) is 11.7. The maximum Gasteiger partial charge on any atom is 0.407 e. The number of nitrogens with zero attached hydrogens (tertiary/aromatic N) is 1. The molecule has 18 heavy (non-hydrogen) atoms. The lowest BCUT2D eigenvalue weighted by molar-refractivity contribution is -0.131. The highest BCUT2D eigenvalue weighted by molar-refractivity contribution is 5.77. The molecule has 0 radical (unpaired) electrons. The Morgan fingerprint density at radius 3 is 2.39 bits per heavy atom. The second-order valence-electron chi connectivity index (χ2n) is 4.88.